The third-order valence-electron chi connectivity index (χ3n) is 8.66. The summed E-state index contributed by atoms with van der Waals surface area (Å²) in [6.07, 6.45) is -0.246. The van der Waals surface area contributed by atoms with E-state index in [0.717, 1.165) is 66.3 Å². The van der Waals surface area contributed by atoms with Crippen LogP contribution in [0, 0.1) is 0 Å². The van der Waals surface area contributed by atoms with Crippen LogP contribution in [0.25, 0.3) is 43.8 Å². The number of fused-ring (bicyclic) bond motifs is 3. The summed E-state index contributed by atoms with van der Waals surface area (Å²) in [6.45, 7) is 0. The topological polar surface area (TPSA) is 88.8 Å². The Bertz CT molecular complexity index is 2310. The van der Waals surface area contributed by atoms with E-state index in [4.69, 9.17) is 21.5 Å². The van der Waals surface area contributed by atoms with Crippen LogP contribution in [0.3, 0.4) is 0 Å². The zero-order chi connectivity index (χ0) is 31.0. The third-order valence-corrected chi connectivity index (χ3v) is 8.66. The zero-order valence-electron chi connectivity index (χ0n) is 25.1. The fraction of sp³-hybridized carbons (Fsp3) is 0.0244. The second-order valence-electron chi connectivity index (χ2n) is 11.5. The molecule has 7 aromatic carbocycles. The van der Waals surface area contributed by atoms with E-state index >= 15 is 0 Å². The van der Waals surface area contributed by atoms with Crippen molar-refractivity contribution < 1.29 is 0 Å². The Morgan fingerprint density at radius 1 is 0.435 bits per heavy atom. The van der Waals surface area contributed by atoms with Crippen molar-refractivity contribution >= 4 is 44.6 Å². The molecule has 220 valence electrons. The molecular weight excluding hydrogens is 562 g/mol. The van der Waals surface area contributed by atoms with Gasteiger partial charge in [0.15, 0.2) is 5.84 Å². The van der Waals surface area contributed by atoms with Crippen molar-refractivity contribution in [1.29, 1.82) is 0 Å². The van der Waals surface area contributed by atoms with Gasteiger partial charge in [-0.15, -0.1) is 0 Å². The summed E-state index contributed by atoms with van der Waals surface area (Å²) >= 11 is 0. The van der Waals surface area contributed by atoms with Gasteiger partial charge in [-0.3, -0.25) is 0 Å². The molecular formula is C41H31N5. The second kappa shape index (κ2) is 11.4. The van der Waals surface area contributed by atoms with Crippen LogP contribution in [0.1, 0.15) is 22.9 Å². The summed E-state index contributed by atoms with van der Waals surface area (Å²) in [5.74, 6) is 1.50. The number of rotatable bonds is 5. The molecule has 0 saturated heterocycles. The number of nitrogens with one attached hydrogen (secondary N) is 1. The first kappa shape index (κ1) is 27.4. The fourth-order valence-corrected chi connectivity index (χ4v) is 6.27. The van der Waals surface area contributed by atoms with Gasteiger partial charge in [0.1, 0.15) is 12.0 Å². The predicted molar refractivity (Wildman–Crippen MR) is 193 cm³/mol. The van der Waals surface area contributed by atoms with Crippen LogP contribution in [0.2, 0.25) is 0 Å². The average Bonchev–Trinajstić information content (AvgIpc) is 3.14. The van der Waals surface area contributed by atoms with Gasteiger partial charge in [0.25, 0.3) is 0 Å². The molecule has 0 aliphatic carbocycles. The molecule has 0 aromatic heterocycles. The minimum atomic E-state index is -0.246. The van der Waals surface area contributed by atoms with Gasteiger partial charge in [-0.2, -0.15) is 0 Å². The Balaban J connectivity index is 1.17. The van der Waals surface area contributed by atoms with Crippen molar-refractivity contribution in [2.45, 2.75) is 6.17 Å². The van der Waals surface area contributed by atoms with Crippen LogP contribution in [0.5, 0.6) is 0 Å². The average molecular weight is 594 g/mol. The Labute approximate surface area is 267 Å². The Hall–Kier alpha value is -6.20. The zero-order valence-corrected chi connectivity index (χ0v) is 25.1. The minimum absolute atomic E-state index is 0.246. The van der Waals surface area contributed by atoms with Crippen LogP contribution in [0.15, 0.2) is 162 Å². The van der Waals surface area contributed by atoms with Crippen LogP contribution in [-0.2, 0) is 0 Å². The molecule has 0 fully saturated rings. The number of hydrogen-bond donors (Lipinski definition) is 3. The number of benzene rings is 7. The maximum Gasteiger partial charge on any atom is 0.159 e. The first-order valence-corrected chi connectivity index (χ1v) is 15.4. The van der Waals surface area contributed by atoms with Crippen molar-refractivity contribution in [1.82, 2.24) is 5.32 Å². The Morgan fingerprint density at radius 2 is 0.957 bits per heavy atom. The molecule has 46 heavy (non-hydrogen) atoms. The van der Waals surface area contributed by atoms with Gasteiger partial charge in [-0.1, -0.05) is 133 Å². The SMILES string of the molecule is Nc1c(N)c2ccc(-c3cccc(-c4cccc(C5=NC(c6ccccc6)=NC(c6ccccc6)N5)c4)c3)cc2c2ccccc12. The summed E-state index contributed by atoms with van der Waals surface area (Å²) in [4.78, 5) is 9.98. The molecule has 0 saturated carbocycles. The summed E-state index contributed by atoms with van der Waals surface area (Å²) in [5.41, 5.74) is 21.7. The highest BCUT2D eigenvalue weighted by atomic mass is 15.2. The number of anilines is 2. The molecule has 5 N–H and O–H groups in total. The van der Waals surface area contributed by atoms with Gasteiger partial charge in [0.2, 0.25) is 0 Å². The van der Waals surface area contributed by atoms with E-state index in [1.54, 1.807) is 0 Å². The van der Waals surface area contributed by atoms with E-state index in [1.165, 1.54) is 0 Å². The van der Waals surface area contributed by atoms with E-state index in [2.05, 4.69) is 90.2 Å². The van der Waals surface area contributed by atoms with Crippen molar-refractivity contribution in [3.63, 3.8) is 0 Å². The van der Waals surface area contributed by atoms with E-state index < -0.39 is 0 Å². The minimum Gasteiger partial charge on any atom is -0.397 e. The molecule has 5 heteroatoms. The van der Waals surface area contributed by atoms with Crippen LogP contribution in [-0.4, -0.2) is 11.7 Å². The van der Waals surface area contributed by atoms with Crippen molar-refractivity contribution in [2.24, 2.45) is 9.98 Å². The number of aliphatic imine (C=N–C) groups is 2. The lowest BCUT2D eigenvalue weighted by molar-refractivity contribution is 0.674. The third kappa shape index (κ3) is 4.94. The predicted octanol–water partition coefficient (Wildman–Crippen LogP) is 8.99. The van der Waals surface area contributed by atoms with Gasteiger partial charge in [-0.25, -0.2) is 9.98 Å². The van der Waals surface area contributed by atoms with Crippen LogP contribution < -0.4 is 16.8 Å². The van der Waals surface area contributed by atoms with Crippen molar-refractivity contribution in [3.05, 3.63) is 168 Å². The largest absolute Gasteiger partial charge is 0.397 e. The molecule has 0 bridgehead atoms. The van der Waals surface area contributed by atoms with E-state index in [-0.39, 0.29) is 6.17 Å². The molecule has 7 aromatic rings. The standard InChI is InChI=1S/C41H31N5/c42-37-34-20-8-7-19-33(34)36-25-31(21-22-35(36)38(37)43)29-16-9-15-28(23-29)30-17-10-18-32(24-30)41-45-39(26-11-3-1-4-12-26)44-40(46-41)27-13-5-2-6-14-27/h1-25,39H,42-43H2,(H,44,45,46). The molecule has 1 aliphatic heterocycles. The number of nitrogen functional groups attached to an aromatic ring is 2. The lowest BCUT2D eigenvalue weighted by atomic mass is 9.93. The fourth-order valence-electron chi connectivity index (χ4n) is 6.27. The van der Waals surface area contributed by atoms with Crippen molar-refractivity contribution in [3.8, 4) is 22.3 Å². The molecule has 5 nitrogen and oxygen atoms in total. The van der Waals surface area contributed by atoms with Crippen molar-refractivity contribution in [2.75, 3.05) is 11.5 Å². The van der Waals surface area contributed by atoms with E-state index in [0.29, 0.717) is 17.2 Å². The molecule has 0 amide bonds. The summed E-state index contributed by atoms with van der Waals surface area (Å²) in [7, 11) is 0. The normalized spacial score (nSPS) is 14.5. The lowest BCUT2D eigenvalue weighted by Gasteiger charge is -2.24. The lowest BCUT2D eigenvalue weighted by Crippen LogP contribution is -2.33. The monoisotopic (exact) mass is 593 g/mol. The summed E-state index contributed by atoms with van der Waals surface area (Å²) in [5, 5.41) is 7.73. The number of nitrogens with zero attached hydrogens (tertiary/aromatic N) is 2. The van der Waals surface area contributed by atoms with Gasteiger partial charge >= 0.3 is 0 Å². The van der Waals surface area contributed by atoms with Gasteiger partial charge in [0.05, 0.1) is 11.4 Å². The first-order chi connectivity index (χ1) is 22.6. The van der Waals surface area contributed by atoms with E-state index in [1.807, 2.05) is 66.7 Å². The maximum atomic E-state index is 6.48. The number of amidine groups is 2. The van der Waals surface area contributed by atoms with Gasteiger partial charge < -0.3 is 16.8 Å². The van der Waals surface area contributed by atoms with Crippen LogP contribution in [0.4, 0.5) is 11.4 Å². The highest BCUT2D eigenvalue weighted by Crippen LogP contribution is 2.39. The summed E-state index contributed by atoms with van der Waals surface area (Å²) in [6, 6.07) is 52.2. The highest BCUT2D eigenvalue weighted by Gasteiger charge is 2.21. The van der Waals surface area contributed by atoms with E-state index in [9.17, 15) is 0 Å². The first-order valence-electron chi connectivity index (χ1n) is 15.4. The van der Waals surface area contributed by atoms with Gasteiger partial charge in [0, 0.05) is 21.9 Å². The molecule has 1 aliphatic rings. The molecule has 0 spiro atoms. The quantitative estimate of drug-likeness (QED) is 0.106. The molecule has 8 rings (SSSR count). The molecule has 0 radical (unpaired) electrons. The highest BCUT2D eigenvalue weighted by molar-refractivity contribution is 6.19. The molecule has 1 unspecified atom stereocenters. The Kier molecular flexibility index (Phi) is 6.77. The maximum absolute atomic E-state index is 6.48. The Morgan fingerprint density at radius 3 is 1.65 bits per heavy atom. The second-order valence-corrected chi connectivity index (χ2v) is 11.5. The van der Waals surface area contributed by atoms with Crippen LogP contribution >= 0.6 is 0 Å². The number of nitrogens with two attached hydrogens (primary N) is 2. The molecule has 1 heterocycles. The smallest absolute Gasteiger partial charge is 0.159 e. The summed E-state index contributed by atoms with van der Waals surface area (Å²) < 4.78 is 0. The molecule has 1 atom stereocenters. The van der Waals surface area contributed by atoms with Gasteiger partial charge in [-0.05, 0) is 56.8 Å². The number of hydrogen-bond acceptors (Lipinski definition) is 5.